The van der Waals surface area contributed by atoms with Gasteiger partial charge in [0, 0.05) is 10.6 Å². The van der Waals surface area contributed by atoms with Gasteiger partial charge in [-0.25, -0.2) is 0 Å². The maximum atomic E-state index is 12.9. The van der Waals surface area contributed by atoms with Gasteiger partial charge in [0.25, 0.3) is 0 Å². The van der Waals surface area contributed by atoms with Gasteiger partial charge < -0.3 is 5.32 Å². The zero-order valence-electron chi connectivity index (χ0n) is 14.0. The normalized spacial score (nSPS) is 12.2. The zero-order chi connectivity index (χ0) is 16.7. The summed E-state index contributed by atoms with van der Waals surface area (Å²) in [6, 6.07) is 17.6. The first-order valence-electron chi connectivity index (χ1n) is 7.93. The highest BCUT2D eigenvalue weighted by molar-refractivity contribution is 7.98. The predicted molar refractivity (Wildman–Crippen MR) is 99.0 cm³/mol. The first kappa shape index (κ1) is 17.6. The summed E-state index contributed by atoms with van der Waals surface area (Å²) in [4.78, 5) is 16.2. The number of benzene rings is 2. The molecular formula is C19H24N2OS. The second-order valence-electron chi connectivity index (χ2n) is 5.25. The fraction of sp³-hybridized carbons (Fsp3) is 0.316. The van der Waals surface area contributed by atoms with Crippen molar-refractivity contribution in [3.8, 4) is 0 Å². The summed E-state index contributed by atoms with van der Waals surface area (Å²) in [5.74, 6) is 0.0109. The summed E-state index contributed by atoms with van der Waals surface area (Å²) in [5, 5.41) is 3.05. The summed E-state index contributed by atoms with van der Waals surface area (Å²) in [7, 11) is 0. The smallest absolute Gasteiger partial charge is 0.246 e. The van der Waals surface area contributed by atoms with Gasteiger partial charge in [-0.2, -0.15) is 0 Å². The molecule has 0 aliphatic heterocycles. The van der Waals surface area contributed by atoms with Gasteiger partial charge >= 0.3 is 0 Å². The Balaban J connectivity index is 2.22. The third-order valence-corrected chi connectivity index (χ3v) is 4.64. The van der Waals surface area contributed by atoms with Crippen LogP contribution in [-0.4, -0.2) is 30.2 Å². The van der Waals surface area contributed by atoms with Crippen LogP contribution in [0.5, 0.6) is 0 Å². The minimum atomic E-state index is -0.272. The Morgan fingerprint density at radius 3 is 2.17 bits per heavy atom. The highest BCUT2D eigenvalue weighted by atomic mass is 32.2. The van der Waals surface area contributed by atoms with Gasteiger partial charge in [-0.1, -0.05) is 44.2 Å². The van der Waals surface area contributed by atoms with E-state index in [1.807, 2.05) is 60.9 Å². The Labute approximate surface area is 143 Å². The van der Waals surface area contributed by atoms with Gasteiger partial charge in [-0.05, 0) is 49.2 Å². The standard InChI is InChI=1S/C19H24N2OS/c1-4-21(5-2)18(15-9-7-6-8-10-15)19(22)20-16-11-13-17(23-3)14-12-16/h6-14,18H,4-5H2,1-3H3,(H,20,22). The average molecular weight is 328 g/mol. The Kier molecular flexibility index (Phi) is 6.68. The summed E-state index contributed by atoms with van der Waals surface area (Å²) < 4.78 is 0. The lowest BCUT2D eigenvalue weighted by atomic mass is 10.0. The van der Waals surface area contributed by atoms with Crippen LogP contribution in [0.3, 0.4) is 0 Å². The molecule has 0 spiro atoms. The van der Waals surface area contributed by atoms with Crippen molar-refractivity contribution in [1.29, 1.82) is 0 Å². The minimum absolute atomic E-state index is 0.0109. The van der Waals surface area contributed by atoms with Crippen LogP contribution in [0.1, 0.15) is 25.5 Å². The van der Waals surface area contributed by atoms with E-state index in [2.05, 4.69) is 24.1 Å². The van der Waals surface area contributed by atoms with Crippen molar-refractivity contribution in [3.63, 3.8) is 0 Å². The van der Waals surface area contributed by atoms with Crippen LogP contribution in [0.25, 0.3) is 0 Å². The number of carbonyl (C=O) groups excluding carboxylic acids is 1. The second kappa shape index (κ2) is 8.75. The molecule has 1 unspecified atom stereocenters. The number of hydrogen-bond donors (Lipinski definition) is 1. The van der Waals surface area contributed by atoms with Gasteiger partial charge in [-0.15, -0.1) is 11.8 Å². The van der Waals surface area contributed by atoms with Crippen molar-refractivity contribution in [2.45, 2.75) is 24.8 Å². The molecule has 122 valence electrons. The molecule has 0 bridgehead atoms. The summed E-state index contributed by atoms with van der Waals surface area (Å²) in [6.07, 6.45) is 2.04. The summed E-state index contributed by atoms with van der Waals surface area (Å²) in [6.45, 7) is 5.82. The molecule has 2 rings (SSSR count). The zero-order valence-corrected chi connectivity index (χ0v) is 14.8. The molecular weight excluding hydrogens is 304 g/mol. The van der Waals surface area contributed by atoms with E-state index in [1.54, 1.807) is 11.8 Å². The number of anilines is 1. The molecule has 0 radical (unpaired) electrons. The van der Waals surface area contributed by atoms with Crippen molar-refractivity contribution in [2.24, 2.45) is 0 Å². The molecule has 4 heteroatoms. The molecule has 0 saturated carbocycles. The predicted octanol–water partition coefficient (Wildman–Crippen LogP) is 4.43. The van der Waals surface area contributed by atoms with E-state index >= 15 is 0 Å². The number of amides is 1. The molecule has 0 aliphatic carbocycles. The molecule has 3 nitrogen and oxygen atoms in total. The van der Waals surface area contributed by atoms with E-state index in [9.17, 15) is 4.79 Å². The van der Waals surface area contributed by atoms with Crippen LogP contribution in [0.2, 0.25) is 0 Å². The van der Waals surface area contributed by atoms with E-state index in [1.165, 1.54) is 4.90 Å². The fourth-order valence-corrected chi connectivity index (χ4v) is 3.05. The molecule has 0 aromatic heterocycles. The van der Waals surface area contributed by atoms with Crippen molar-refractivity contribution in [2.75, 3.05) is 24.7 Å². The topological polar surface area (TPSA) is 32.3 Å². The van der Waals surface area contributed by atoms with Gasteiger partial charge in [0.2, 0.25) is 5.91 Å². The van der Waals surface area contributed by atoms with Crippen molar-refractivity contribution >= 4 is 23.4 Å². The number of carbonyl (C=O) groups is 1. The van der Waals surface area contributed by atoms with Crippen molar-refractivity contribution < 1.29 is 4.79 Å². The first-order chi connectivity index (χ1) is 11.2. The molecule has 0 fully saturated rings. The lowest BCUT2D eigenvalue weighted by Crippen LogP contribution is -2.37. The summed E-state index contributed by atoms with van der Waals surface area (Å²) in [5.41, 5.74) is 1.86. The maximum Gasteiger partial charge on any atom is 0.246 e. The highest BCUT2D eigenvalue weighted by Crippen LogP contribution is 2.23. The summed E-state index contributed by atoms with van der Waals surface area (Å²) >= 11 is 1.69. The van der Waals surface area contributed by atoms with Gasteiger partial charge in [0.15, 0.2) is 0 Å². The molecule has 2 aromatic carbocycles. The number of likely N-dealkylation sites (N-methyl/N-ethyl adjacent to an activating group) is 1. The molecule has 0 heterocycles. The number of thioether (sulfide) groups is 1. The van der Waals surface area contributed by atoms with E-state index in [0.29, 0.717) is 0 Å². The van der Waals surface area contributed by atoms with Crippen LogP contribution < -0.4 is 5.32 Å². The molecule has 0 saturated heterocycles. The van der Waals surface area contributed by atoms with Crippen LogP contribution in [0.15, 0.2) is 59.5 Å². The lowest BCUT2D eigenvalue weighted by Gasteiger charge is -2.29. The highest BCUT2D eigenvalue weighted by Gasteiger charge is 2.25. The van der Waals surface area contributed by atoms with Gasteiger partial charge in [-0.3, -0.25) is 9.69 Å². The van der Waals surface area contributed by atoms with E-state index < -0.39 is 0 Å². The van der Waals surface area contributed by atoms with E-state index in [0.717, 1.165) is 24.3 Å². The number of nitrogens with one attached hydrogen (secondary N) is 1. The molecule has 0 aliphatic rings. The minimum Gasteiger partial charge on any atom is -0.324 e. The van der Waals surface area contributed by atoms with Crippen LogP contribution >= 0.6 is 11.8 Å². The third-order valence-electron chi connectivity index (χ3n) is 3.90. The van der Waals surface area contributed by atoms with Gasteiger partial charge in [0.1, 0.15) is 6.04 Å². The second-order valence-corrected chi connectivity index (χ2v) is 6.13. The largest absolute Gasteiger partial charge is 0.324 e. The Bertz CT molecular complexity index is 609. The average Bonchev–Trinajstić information content (AvgIpc) is 2.60. The van der Waals surface area contributed by atoms with E-state index in [4.69, 9.17) is 0 Å². The Morgan fingerprint density at radius 2 is 1.65 bits per heavy atom. The van der Waals surface area contributed by atoms with Crippen molar-refractivity contribution in [1.82, 2.24) is 4.90 Å². The molecule has 1 atom stereocenters. The Morgan fingerprint density at radius 1 is 1.04 bits per heavy atom. The molecule has 1 N–H and O–H groups in total. The third kappa shape index (κ3) is 4.60. The monoisotopic (exact) mass is 328 g/mol. The fourth-order valence-electron chi connectivity index (χ4n) is 2.64. The van der Waals surface area contributed by atoms with Crippen molar-refractivity contribution in [3.05, 3.63) is 60.2 Å². The van der Waals surface area contributed by atoms with Crippen LogP contribution in [0.4, 0.5) is 5.69 Å². The lowest BCUT2D eigenvalue weighted by molar-refractivity contribution is -0.121. The Hall–Kier alpha value is -1.78. The SMILES string of the molecule is CCN(CC)C(C(=O)Nc1ccc(SC)cc1)c1ccccc1. The molecule has 1 amide bonds. The van der Waals surface area contributed by atoms with Gasteiger partial charge in [0.05, 0.1) is 0 Å². The van der Waals surface area contributed by atoms with E-state index in [-0.39, 0.29) is 11.9 Å². The molecule has 23 heavy (non-hydrogen) atoms. The van der Waals surface area contributed by atoms with Crippen LogP contribution in [-0.2, 0) is 4.79 Å². The molecule has 2 aromatic rings. The number of hydrogen-bond acceptors (Lipinski definition) is 3. The number of rotatable bonds is 7. The quantitative estimate of drug-likeness (QED) is 0.763. The maximum absolute atomic E-state index is 12.9. The number of nitrogens with zero attached hydrogens (tertiary/aromatic N) is 1. The first-order valence-corrected chi connectivity index (χ1v) is 9.16. The van der Waals surface area contributed by atoms with Crippen LogP contribution in [0, 0.1) is 0 Å².